The van der Waals surface area contributed by atoms with E-state index in [9.17, 15) is 4.79 Å². The summed E-state index contributed by atoms with van der Waals surface area (Å²) in [6, 6.07) is 20.7. The summed E-state index contributed by atoms with van der Waals surface area (Å²) in [7, 11) is 0. The van der Waals surface area contributed by atoms with E-state index < -0.39 is 0 Å². The minimum Gasteiger partial charge on any atom is -0.344 e. The number of nitrogens with one attached hydrogen (secondary N) is 3. The minimum atomic E-state index is -0.280. The van der Waals surface area contributed by atoms with Crippen LogP contribution in [-0.2, 0) is 4.79 Å². The molecule has 168 valence electrons. The van der Waals surface area contributed by atoms with Crippen molar-refractivity contribution in [3.8, 4) is 28.5 Å². The van der Waals surface area contributed by atoms with Crippen molar-refractivity contribution >= 4 is 34.3 Å². The second-order valence-electron chi connectivity index (χ2n) is 7.68. The maximum atomic E-state index is 11.6. The topological polar surface area (TPSA) is 119 Å². The van der Waals surface area contributed by atoms with E-state index in [4.69, 9.17) is 10.2 Å². The summed E-state index contributed by atoms with van der Waals surface area (Å²) >= 11 is 0. The molecule has 0 aliphatic rings. The third kappa shape index (κ3) is 4.60. The maximum Gasteiger partial charge on any atom is 0.247 e. The molecule has 0 bridgehead atoms. The van der Waals surface area contributed by atoms with Crippen molar-refractivity contribution in [1.82, 2.24) is 19.9 Å². The van der Waals surface area contributed by atoms with Gasteiger partial charge in [0.15, 0.2) is 5.65 Å². The molecule has 0 fully saturated rings. The summed E-state index contributed by atoms with van der Waals surface area (Å²) in [4.78, 5) is 28.5. The number of nitriles is 1. The molecule has 3 heterocycles. The smallest absolute Gasteiger partial charge is 0.247 e. The van der Waals surface area contributed by atoms with Crippen LogP contribution in [0.15, 0.2) is 91.9 Å². The molecule has 8 heteroatoms. The Balaban J connectivity index is 1.42. The van der Waals surface area contributed by atoms with Crippen LogP contribution < -0.4 is 10.6 Å². The van der Waals surface area contributed by atoms with Gasteiger partial charge in [-0.15, -0.1) is 0 Å². The molecule has 0 spiro atoms. The highest BCUT2D eigenvalue weighted by atomic mass is 16.1. The first-order valence-corrected chi connectivity index (χ1v) is 10.7. The Hall–Kier alpha value is -5.29. The number of nitrogens with zero attached hydrogens (tertiary/aromatic N) is 4. The number of hydrogen-bond donors (Lipinski definition) is 3. The van der Waals surface area contributed by atoms with Crippen molar-refractivity contribution in [3.05, 3.63) is 97.5 Å². The van der Waals surface area contributed by atoms with E-state index in [1.54, 1.807) is 30.6 Å². The lowest BCUT2D eigenvalue weighted by Gasteiger charge is -2.08. The summed E-state index contributed by atoms with van der Waals surface area (Å²) in [5.74, 6) is 0.279. The van der Waals surface area contributed by atoms with Crippen molar-refractivity contribution in [2.75, 3.05) is 10.6 Å². The molecule has 0 atom stereocenters. The fraction of sp³-hybridized carbons (Fsp3) is 0. The zero-order chi connectivity index (χ0) is 24.2. The molecule has 0 radical (unpaired) electrons. The molecule has 0 saturated heterocycles. The fourth-order valence-electron chi connectivity index (χ4n) is 3.66. The van der Waals surface area contributed by atoms with Crippen molar-refractivity contribution in [2.24, 2.45) is 0 Å². The molecule has 3 N–H and O–H groups in total. The first kappa shape index (κ1) is 21.6. The Morgan fingerprint density at radius 3 is 2.66 bits per heavy atom. The highest BCUT2D eigenvalue weighted by Crippen LogP contribution is 2.29. The van der Waals surface area contributed by atoms with E-state index in [0.29, 0.717) is 28.2 Å². The first-order valence-electron chi connectivity index (χ1n) is 10.7. The van der Waals surface area contributed by atoms with E-state index in [1.807, 2.05) is 48.7 Å². The Morgan fingerprint density at radius 2 is 1.86 bits per heavy atom. The predicted octanol–water partition coefficient (Wildman–Crippen LogP) is 5.43. The number of benzene rings is 2. The summed E-state index contributed by atoms with van der Waals surface area (Å²) in [6.07, 6.45) is 6.50. The summed E-state index contributed by atoms with van der Waals surface area (Å²) < 4.78 is 0. The van der Waals surface area contributed by atoms with Crippen LogP contribution in [0, 0.1) is 11.3 Å². The van der Waals surface area contributed by atoms with Gasteiger partial charge in [-0.2, -0.15) is 5.26 Å². The Kier molecular flexibility index (Phi) is 5.72. The molecule has 3 aromatic heterocycles. The van der Waals surface area contributed by atoms with E-state index in [0.717, 1.165) is 28.1 Å². The fourth-order valence-corrected chi connectivity index (χ4v) is 3.66. The molecule has 0 aliphatic heterocycles. The molecule has 0 unspecified atom stereocenters. The highest BCUT2D eigenvalue weighted by Gasteiger charge is 2.11. The van der Waals surface area contributed by atoms with Crippen LogP contribution in [0.1, 0.15) is 5.56 Å². The Labute approximate surface area is 201 Å². The average Bonchev–Trinajstić information content (AvgIpc) is 3.32. The molecule has 0 aliphatic carbocycles. The van der Waals surface area contributed by atoms with Gasteiger partial charge in [0.2, 0.25) is 5.91 Å². The zero-order valence-corrected chi connectivity index (χ0v) is 18.5. The number of pyridine rings is 1. The Bertz CT molecular complexity index is 1600. The summed E-state index contributed by atoms with van der Waals surface area (Å²) in [6.45, 7) is 3.47. The van der Waals surface area contributed by atoms with Crippen LogP contribution in [0.5, 0.6) is 0 Å². The predicted molar refractivity (Wildman–Crippen MR) is 136 cm³/mol. The molecule has 0 saturated carbocycles. The molecule has 35 heavy (non-hydrogen) atoms. The number of H-pyrrole nitrogens is 1. The normalized spacial score (nSPS) is 10.5. The van der Waals surface area contributed by atoms with Gasteiger partial charge in [0.05, 0.1) is 23.5 Å². The van der Waals surface area contributed by atoms with Crippen LogP contribution in [0.25, 0.3) is 33.5 Å². The van der Waals surface area contributed by atoms with Crippen LogP contribution in [-0.4, -0.2) is 25.8 Å². The van der Waals surface area contributed by atoms with Gasteiger partial charge in [0, 0.05) is 40.5 Å². The summed E-state index contributed by atoms with van der Waals surface area (Å²) in [5.41, 5.74) is 6.76. The maximum absolute atomic E-state index is 11.6. The molecule has 5 aromatic rings. The van der Waals surface area contributed by atoms with E-state index in [2.05, 4.69) is 38.2 Å². The van der Waals surface area contributed by atoms with Gasteiger partial charge in [-0.1, -0.05) is 30.8 Å². The second-order valence-corrected chi connectivity index (χ2v) is 7.68. The third-order valence-corrected chi connectivity index (χ3v) is 5.33. The van der Waals surface area contributed by atoms with Crippen molar-refractivity contribution < 1.29 is 4.79 Å². The molecular weight excluding hydrogens is 438 g/mol. The van der Waals surface area contributed by atoms with Crippen molar-refractivity contribution in [2.45, 2.75) is 0 Å². The number of rotatable bonds is 6. The van der Waals surface area contributed by atoms with Crippen LogP contribution in [0.2, 0.25) is 0 Å². The van der Waals surface area contributed by atoms with Crippen molar-refractivity contribution in [3.63, 3.8) is 0 Å². The lowest BCUT2D eigenvalue weighted by molar-refractivity contribution is -0.111. The van der Waals surface area contributed by atoms with E-state index in [1.165, 1.54) is 6.08 Å². The molecule has 8 nitrogen and oxygen atoms in total. The van der Waals surface area contributed by atoms with E-state index in [-0.39, 0.29) is 5.91 Å². The summed E-state index contributed by atoms with van der Waals surface area (Å²) in [5, 5.41) is 15.1. The van der Waals surface area contributed by atoms with Crippen LogP contribution >= 0.6 is 0 Å². The van der Waals surface area contributed by atoms with Gasteiger partial charge in [-0.05, 0) is 42.5 Å². The van der Waals surface area contributed by atoms with E-state index >= 15 is 0 Å². The lowest BCUT2D eigenvalue weighted by Crippen LogP contribution is -2.07. The first-order chi connectivity index (χ1) is 17.1. The van der Waals surface area contributed by atoms with Crippen molar-refractivity contribution in [1.29, 1.82) is 5.26 Å². The number of aromatic amines is 1. The standard InChI is InChI=1S/C27H19N7O/c1-2-25(35)33-21-8-4-7-20(12-21)32-24-16-31-27-26(34-24)22(15-30-27)19-9-10-23(29-14-19)18-6-3-5-17(11-18)13-28/h2-12,14-16H,1H2,(H,30,31)(H,32,34)(H,33,35). The average molecular weight is 457 g/mol. The minimum absolute atomic E-state index is 0.280. The number of aromatic nitrogens is 4. The molecule has 5 rings (SSSR count). The third-order valence-electron chi connectivity index (χ3n) is 5.33. The lowest BCUT2D eigenvalue weighted by atomic mass is 10.1. The monoisotopic (exact) mass is 457 g/mol. The van der Waals surface area contributed by atoms with Gasteiger partial charge in [0.25, 0.3) is 0 Å². The number of hydrogen-bond acceptors (Lipinski definition) is 6. The van der Waals surface area contributed by atoms with Gasteiger partial charge in [0.1, 0.15) is 11.3 Å². The molecule has 2 aromatic carbocycles. The molecular formula is C27H19N7O. The Morgan fingerprint density at radius 1 is 1.00 bits per heavy atom. The number of carbonyl (C=O) groups excluding carboxylic acids is 1. The highest BCUT2D eigenvalue weighted by molar-refractivity contribution is 5.99. The van der Waals surface area contributed by atoms with Crippen LogP contribution in [0.4, 0.5) is 17.2 Å². The quantitative estimate of drug-likeness (QED) is 0.293. The van der Waals surface area contributed by atoms with Gasteiger partial charge in [-0.3, -0.25) is 9.78 Å². The zero-order valence-electron chi connectivity index (χ0n) is 18.5. The number of anilines is 3. The van der Waals surface area contributed by atoms with Gasteiger partial charge in [-0.25, -0.2) is 9.97 Å². The largest absolute Gasteiger partial charge is 0.344 e. The SMILES string of the molecule is C=CC(=O)Nc1cccc(Nc2cnc3[nH]cc(-c4ccc(-c5cccc(C#N)c5)nc4)c3n2)c1. The number of fused-ring (bicyclic) bond motifs is 1. The van der Waals surface area contributed by atoms with Crippen LogP contribution in [0.3, 0.4) is 0 Å². The molecule has 1 amide bonds. The second kappa shape index (κ2) is 9.29. The van der Waals surface area contributed by atoms with Gasteiger partial charge >= 0.3 is 0 Å². The van der Waals surface area contributed by atoms with Gasteiger partial charge < -0.3 is 15.6 Å². The number of carbonyl (C=O) groups is 1. The number of amides is 1.